The first-order valence-electron chi connectivity index (χ1n) is 12.9. The second-order valence-corrected chi connectivity index (χ2v) is 9.74. The first kappa shape index (κ1) is 33.4. The van der Waals surface area contributed by atoms with Gasteiger partial charge < -0.3 is 30.6 Å². The van der Waals surface area contributed by atoms with Crippen LogP contribution in [0.15, 0.2) is 48.5 Å². The highest BCUT2D eigenvalue weighted by Crippen LogP contribution is 2.38. The Balaban J connectivity index is 0.000000434. The van der Waals surface area contributed by atoms with E-state index in [0.29, 0.717) is 41.3 Å². The Hall–Kier alpha value is -4.82. The zero-order chi connectivity index (χ0) is 31.6. The van der Waals surface area contributed by atoms with Crippen molar-refractivity contribution in [1.29, 1.82) is 0 Å². The van der Waals surface area contributed by atoms with Crippen molar-refractivity contribution in [3.8, 4) is 0 Å². The van der Waals surface area contributed by atoms with Crippen LogP contribution in [0.2, 0.25) is 0 Å². The van der Waals surface area contributed by atoms with Crippen molar-refractivity contribution in [3.63, 3.8) is 0 Å². The number of benzene rings is 2. The maximum atomic E-state index is 13.6. The lowest BCUT2D eigenvalue weighted by molar-refractivity contribution is -0.159. The second-order valence-electron chi connectivity index (χ2n) is 9.74. The molecule has 2 amide bonds. The third-order valence-corrected chi connectivity index (χ3v) is 6.71. The highest BCUT2D eigenvalue weighted by molar-refractivity contribution is 6.28. The Bertz CT molecular complexity index is 1280. The number of nitrogens with zero attached hydrogens (tertiary/aromatic N) is 3. The van der Waals surface area contributed by atoms with E-state index in [-0.39, 0.29) is 11.8 Å². The lowest BCUT2D eigenvalue weighted by atomic mass is 9.88. The van der Waals surface area contributed by atoms with E-state index < -0.39 is 23.9 Å². The number of likely N-dealkylation sites (N-methyl/N-ethyl adjacent to an activating group) is 2. The summed E-state index contributed by atoms with van der Waals surface area (Å²) >= 11 is 0. The monoisotopic (exact) mass is 586 g/mol. The fourth-order valence-electron chi connectivity index (χ4n) is 4.83. The average molecular weight is 587 g/mol. The highest BCUT2D eigenvalue weighted by Gasteiger charge is 2.34. The molecule has 1 saturated carbocycles. The maximum absolute atomic E-state index is 13.6. The molecular formula is C28H34N4O10. The van der Waals surface area contributed by atoms with Crippen LogP contribution >= 0.6 is 0 Å². The third kappa shape index (κ3) is 8.84. The summed E-state index contributed by atoms with van der Waals surface area (Å²) in [5.41, 5.74) is 2.50. The average Bonchev–Trinajstić information content (AvgIpc) is 3.07. The van der Waals surface area contributed by atoms with Gasteiger partial charge in [-0.1, -0.05) is 37.1 Å². The number of fused-ring (bicyclic) bond motifs is 2. The van der Waals surface area contributed by atoms with E-state index in [1.54, 1.807) is 11.0 Å². The van der Waals surface area contributed by atoms with Crippen LogP contribution in [0, 0.1) is 0 Å². The second kappa shape index (κ2) is 15.3. The minimum Gasteiger partial charge on any atom is -0.473 e. The summed E-state index contributed by atoms with van der Waals surface area (Å²) in [6.07, 6.45) is 4.69. The molecule has 2 atom stereocenters. The molecule has 2 aromatic carbocycles. The van der Waals surface area contributed by atoms with Crippen molar-refractivity contribution in [2.45, 2.75) is 37.8 Å². The van der Waals surface area contributed by atoms with Gasteiger partial charge in [-0.25, -0.2) is 19.2 Å². The van der Waals surface area contributed by atoms with E-state index in [0.717, 1.165) is 12.8 Å². The molecule has 1 aliphatic heterocycles. The molecule has 2 aromatic rings. The van der Waals surface area contributed by atoms with Gasteiger partial charge >= 0.3 is 23.9 Å². The Labute approximate surface area is 241 Å². The number of rotatable bonds is 4. The molecule has 226 valence electrons. The molecule has 0 spiro atoms. The minimum atomic E-state index is -1.82. The van der Waals surface area contributed by atoms with Gasteiger partial charge in [0.2, 0.25) is 5.91 Å². The summed E-state index contributed by atoms with van der Waals surface area (Å²) in [6.45, 7) is 0.297. The molecule has 0 radical (unpaired) electrons. The number of para-hydroxylation sites is 3. The first-order chi connectivity index (χ1) is 19.8. The Morgan fingerprint density at radius 1 is 0.762 bits per heavy atom. The Morgan fingerprint density at radius 3 is 1.76 bits per heavy atom. The third-order valence-electron chi connectivity index (χ3n) is 6.71. The van der Waals surface area contributed by atoms with Gasteiger partial charge in [-0.05, 0) is 58.3 Å². The number of carbonyl (C=O) groups excluding carboxylic acids is 2. The summed E-state index contributed by atoms with van der Waals surface area (Å²) in [5.74, 6) is -7.52. The fourth-order valence-corrected chi connectivity index (χ4v) is 4.83. The van der Waals surface area contributed by atoms with E-state index in [9.17, 15) is 9.59 Å². The van der Waals surface area contributed by atoms with E-state index in [1.807, 2.05) is 49.5 Å². The molecule has 0 bridgehead atoms. The molecule has 0 unspecified atom stereocenters. The van der Waals surface area contributed by atoms with E-state index in [2.05, 4.69) is 29.2 Å². The number of carboxylic acid groups (broad SMARTS) is 4. The van der Waals surface area contributed by atoms with E-state index >= 15 is 0 Å². The van der Waals surface area contributed by atoms with Gasteiger partial charge in [-0.15, -0.1) is 0 Å². The van der Waals surface area contributed by atoms with Crippen LogP contribution in [0.1, 0.15) is 36.0 Å². The van der Waals surface area contributed by atoms with Gasteiger partial charge in [0.05, 0.1) is 29.2 Å². The summed E-state index contributed by atoms with van der Waals surface area (Å²) < 4.78 is 0. The predicted octanol–water partition coefficient (Wildman–Crippen LogP) is 2.03. The number of hydrogen-bond donors (Lipinski definition) is 5. The predicted molar refractivity (Wildman–Crippen MR) is 151 cm³/mol. The van der Waals surface area contributed by atoms with Crippen molar-refractivity contribution < 1.29 is 49.2 Å². The quantitative estimate of drug-likeness (QED) is 0.326. The van der Waals surface area contributed by atoms with Crippen LogP contribution in [-0.4, -0.2) is 106 Å². The lowest BCUT2D eigenvalue weighted by Crippen LogP contribution is -2.52. The fraction of sp³-hybridized carbons (Fsp3) is 0.357. The molecule has 2 aliphatic rings. The van der Waals surface area contributed by atoms with Gasteiger partial charge in [0.1, 0.15) is 0 Å². The van der Waals surface area contributed by atoms with Gasteiger partial charge in [-0.2, -0.15) is 0 Å². The Kier molecular flexibility index (Phi) is 12.1. The number of hydrogen-bond acceptors (Lipinski definition) is 8. The van der Waals surface area contributed by atoms with Crippen LogP contribution in [0.3, 0.4) is 0 Å². The molecule has 14 nitrogen and oxygen atoms in total. The number of aliphatic carboxylic acids is 4. The number of anilines is 3. The largest absolute Gasteiger partial charge is 0.473 e. The standard InChI is InChI=1S/C24H30N4O2.2C2H2O4/c1-26(2)21-14-8-9-15-22(21)27(3)16-23(29)28-19-12-6-4-10-17(19)24(30)25-18-11-5-7-13-20(18)28;2*3-1(4)2(5)6/h4-7,10-13,21-22H,8-9,14-16H2,1-3H3,(H,25,30);2*(H,3,4)(H,5,6)/t21-,22-;;/m0../s1. The first-order valence-corrected chi connectivity index (χ1v) is 12.9. The van der Waals surface area contributed by atoms with Gasteiger partial charge in [0, 0.05) is 12.1 Å². The van der Waals surface area contributed by atoms with E-state index in [4.69, 9.17) is 39.6 Å². The van der Waals surface area contributed by atoms with Crippen LogP contribution in [0.4, 0.5) is 17.1 Å². The van der Waals surface area contributed by atoms with Crippen molar-refractivity contribution in [2.75, 3.05) is 37.9 Å². The molecule has 1 aliphatic carbocycles. The van der Waals surface area contributed by atoms with Crippen LogP contribution < -0.4 is 10.2 Å². The zero-order valence-corrected chi connectivity index (χ0v) is 23.4. The molecule has 1 fully saturated rings. The number of amides is 2. The summed E-state index contributed by atoms with van der Waals surface area (Å²) in [6, 6.07) is 15.6. The van der Waals surface area contributed by atoms with Crippen LogP contribution in [-0.2, 0) is 24.0 Å². The molecule has 14 heteroatoms. The van der Waals surface area contributed by atoms with Crippen molar-refractivity contribution >= 4 is 52.8 Å². The highest BCUT2D eigenvalue weighted by atomic mass is 16.4. The molecule has 0 saturated heterocycles. The van der Waals surface area contributed by atoms with Gasteiger partial charge in [0.25, 0.3) is 5.91 Å². The Morgan fingerprint density at radius 2 is 1.24 bits per heavy atom. The molecule has 4 rings (SSSR count). The topological polar surface area (TPSA) is 205 Å². The number of nitrogens with one attached hydrogen (secondary N) is 1. The maximum Gasteiger partial charge on any atom is 0.414 e. The van der Waals surface area contributed by atoms with Crippen LogP contribution in [0.25, 0.3) is 0 Å². The molecule has 0 aromatic heterocycles. The number of carbonyl (C=O) groups is 6. The number of carboxylic acids is 4. The van der Waals surface area contributed by atoms with Crippen LogP contribution in [0.5, 0.6) is 0 Å². The molecule has 5 N–H and O–H groups in total. The molecule has 42 heavy (non-hydrogen) atoms. The van der Waals surface area contributed by atoms with Crippen molar-refractivity contribution in [3.05, 3.63) is 54.1 Å². The lowest BCUT2D eigenvalue weighted by Gasteiger charge is -2.41. The van der Waals surface area contributed by atoms with Crippen molar-refractivity contribution in [1.82, 2.24) is 9.80 Å². The zero-order valence-electron chi connectivity index (χ0n) is 23.4. The van der Waals surface area contributed by atoms with Gasteiger partial charge in [-0.3, -0.25) is 19.4 Å². The minimum absolute atomic E-state index is 0.0306. The van der Waals surface area contributed by atoms with Gasteiger partial charge in [0.15, 0.2) is 0 Å². The summed E-state index contributed by atoms with van der Waals surface area (Å²) in [4.78, 5) is 69.0. The van der Waals surface area contributed by atoms with Crippen molar-refractivity contribution in [2.24, 2.45) is 0 Å². The van der Waals surface area contributed by atoms with E-state index in [1.165, 1.54) is 12.8 Å². The summed E-state index contributed by atoms with van der Waals surface area (Å²) in [5, 5.41) is 32.5. The molecular weight excluding hydrogens is 552 g/mol. The summed E-state index contributed by atoms with van der Waals surface area (Å²) in [7, 11) is 6.29. The molecule has 1 heterocycles. The SMILES string of the molecule is CN(C)[C@H]1CCCC[C@@H]1N(C)CC(=O)N1c2ccccc2NC(=O)c2ccccc21.O=C(O)C(=O)O.O=C(O)C(=O)O. The smallest absolute Gasteiger partial charge is 0.414 e. The normalized spacial score (nSPS) is 17.2.